The van der Waals surface area contributed by atoms with Crippen LogP contribution < -0.4 is 0 Å². The molecule has 0 fully saturated rings. The number of hydrogen-bond acceptors (Lipinski definition) is 0. The Hall–Kier alpha value is -4.16. The predicted molar refractivity (Wildman–Crippen MR) is 187 cm³/mol. The minimum Gasteiger partial charge on any atom is -0.0625 e. The Kier molecular flexibility index (Phi) is 6.40. The van der Waals surface area contributed by atoms with Gasteiger partial charge in [0.2, 0.25) is 0 Å². The predicted octanol–water partition coefficient (Wildman–Crippen LogP) is 12.1. The van der Waals surface area contributed by atoms with Crippen molar-refractivity contribution in [2.24, 2.45) is 5.92 Å². The summed E-state index contributed by atoms with van der Waals surface area (Å²) in [4.78, 5) is 0. The van der Waals surface area contributed by atoms with Crippen LogP contribution in [-0.4, -0.2) is 0 Å². The highest BCUT2D eigenvalue weighted by Crippen LogP contribution is 2.54. The normalized spacial score (nSPS) is 14.0. The van der Waals surface area contributed by atoms with Gasteiger partial charge in [-0.05, 0) is 119 Å². The molecule has 214 valence electrons. The molecule has 6 aromatic carbocycles. The molecule has 0 nitrogen and oxygen atoms in total. The van der Waals surface area contributed by atoms with Crippen LogP contribution in [0.2, 0.25) is 0 Å². The van der Waals surface area contributed by atoms with Gasteiger partial charge in [0, 0.05) is 5.41 Å². The lowest BCUT2D eigenvalue weighted by Gasteiger charge is -2.27. The molecule has 0 bridgehead atoms. The fourth-order valence-corrected chi connectivity index (χ4v) is 7.12. The second kappa shape index (κ2) is 9.95. The molecule has 0 heteroatoms. The van der Waals surface area contributed by atoms with Crippen molar-refractivity contribution in [2.45, 2.75) is 65.7 Å². The van der Waals surface area contributed by atoms with Gasteiger partial charge in [-0.15, -0.1) is 0 Å². The molecule has 0 unspecified atom stereocenters. The van der Waals surface area contributed by atoms with Crippen LogP contribution in [0.1, 0.15) is 70.7 Å². The molecule has 0 aliphatic heterocycles. The van der Waals surface area contributed by atoms with Crippen LogP contribution >= 0.6 is 0 Å². The third-order valence-corrected chi connectivity index (χ3v) is 9.58. The van der Waals surface area contributed by atoms with Crippen LogP contribution in [-0.2, 0) is 17.3 Å². The summed E-state index contributed by atoms with van der Waals surface area (Å²) in [6, 6.07) is 41.6. The van der Waals surface area contributed by atoms with E-state index in [2.05, 4.69) is 158 Å². The van der Waals surface area contributed by atoms with E-state index < -0.39 is 0 Å². The smallest absolute Gasteiger partial charge is 0.0159 e. The summed E-state index contributed by atoms with van der Waals surface area (Å²) in [5.74, 6) is 0.646. The average molecular weight is 559 g/mol. The molecular formula is C43H42. The topological polar surface area (TPSA) is 0 Å². The van der Waals surface area contributed by atoms with E-state index >= 15 is 0 Å². The Balaban J connectivity index is 1.37. The second-order valence-electron chi connectivity index (χ2n) is 14.6. The van der Waals surface area contributed by atoms with Crippen LogP contribution in [0.25, 0.3) is 54.9 Å². The zero-order chi connectivity index (χ0) is 30.1. The van der Waals surface area contributed by atoms with Crippen molar-refractivity contribution >= 4 is 21.5 Å². The first-order valence-electron chi connectivity index (χ1n) is 15.9. The standard InChI is InChI=1S/C43H42/c1-27(2)20-28-12-19-37-39(21-28)43(6,7)40-26-36(42(3,4)5)25-38(41(37)40)35-18-17-33-23-32(15-16-34(33)24-35)31-14-13-29-10-8-9-11-30(29)22-31/h8-19,21-27H,20H2,1-7H3. The van der Waals surface area contributed by atoms with Gasteiger partial charge in [0.1, 0.15) is 0 Å². The lowest BCUT2D eigenvalue weighted by atomic mass is 9.77. The number of fused-ring (bicyclic) bond motifs is 5. The van der Waals surface area contributed by atoms with Gasteiger partial charge in [-0.1, -0.05) is 133 Å². The minimum absolute atomic E-state index is 0.0424. The molecule has 0 saturated heterocycles. The Bertz CT molecular complexity index is 2030. The molecule has 0 radical (unpaired) electrons. The summed E-state index contributed by atoms with van der Waals surface area (Å²) >= 11 is 0. The van der Waals surface area contributed by atoms with Crippen molar-refractivity contribution in [1.29, 1.82) is 0 Å². The van der Waals surface area contributed by atoms with E-state index in [-0.39, 0.29) is 10.8 Å². The highest BCUT2D eigenvalue weighted by molar-refractivity contribution is 5.97. The Labute approximate surface area is 257 Å². The molecule has 0 atom stereocenters. The van der Waals surface area contributed by atoms with Gasteiger partial charge >= 0.3 is 0 Å². The van der Waals surface area contributed by atoms with Crippen LogP contribution in [0.5, 0.6) is 0 Å². The molecule has 0 heterocycles. The maximum absolute atomic E-state index is 2.50. The summed E-state index contributed by atoms with van der Waals surface area (Å²) in [6.07, 6.45) is 1.12. The molecule has 1 aliphatic carbocycles. The van der Waals surface area contributed by atoms with Crippen molar-refractivity contribution < 1.29 is 0 Å². The number of rotatable bonds is 4. The number of hydrogen-bond donors (Lipinski definition) is 0. The van der Waals surface area contributed by atoms with Crippen molar-refractivity contribution in [3.8, 4) is 33.4 Å². The molecule has 0 amide bonds. The molecular weight excluding hydrogens is 516 g/mol. The van der Waals surface area contributed by atoms with E-state index in [1.807, 2.05) is 0 Å². The second-order valence-corrected chi connectivity index (χ2v) is 14.6. The fraction of sp³-hybridized carbons (Fsp3) is 0.256. The largest absolute Gasteiger partial charge is 0.0625 e. The Morgan fingerprint density at radius 2 is 1.14 bits per heavy atom. The summed E-state index contributed by atoms with van der Waals surface area (Å²) in [5, 5.41) is 5.11. The van der Waals surface area contributed by atoms with E-state index in [9.17, 15) is 0 Å². The first-order valence-corrected chi connectivity index (χ1v) is 15.9. The first-order chi connectivity index (χ1) is 20.5. The fourth-order valence-electron chi connectivity index (χ4n) is 7.12. The van der Waals surface area contributed by atoms with Gasteiger partial charge in [-0.25, -0.2) is 0 Å². The monoisotopic (exact) mass is 558 g/mol. The number of benzene rings is 6. The summed E-state index contributed by atoms with van der Waals surface area (Å²) in [7, 11) is 0. The minimum atomic E-state index is -0.0424. The molecule has 7 rings (SSSR count). The Morgan fingerprint density at radius 1 is 0.558 bits per heavy atom. The molecule has 0 N–H and O–H groups in total. The quantitative estimate of drug-likeness (QED) is 0.202. The van der Waals surface area contributed by atoms with Gasteiger partial charge < -0.3 is 0 Å². The van der Waals surface area contributed by atoms with Crippen LogP contribution in [0.4, 0.5) is 0 Å². The van der Waals surface area contributed by atoms with Crippen LogP contribution in [0, 0.1) is 5.92 Å². The Morgan fingerprint density at radius 3 is 1.79 bits per heavy atom. The van der Waals surface area contributed by atoms with E-state index in [0.29, 0.717) is 5.92 Å². The van der Waals surface area contributed by atoms with Crippen LogP contribution in [0.15, 0.2) is 109 Å². The molecule has 0 saturated carbocycles. The molecule has 6 aromatic rings. The van der Waals surface area contributed by atoms with Crippen molar-refractivity contribution in [1.82, 2.24) is 0 Å². The molecule has 1 aliphatic rings. The lowest BCUT2D eigenvalue weighted by molar-refractivity contribution is 0.584. The van der Waals surface area contributed by atoms with Crippen molar-refractivity contribution in [3.05, 3.63) is 131 Å². The lowest BCUT2D eigenvalue weighted by Crippen LogP contribution is -2.18. The van der Waals surface area contributed by atoms with Crippen LogP contribution in [0.3, 0.4) is 0 Å². The molecule has 43 heavy (non-hydrogen) atoms. The SMILES string of the molecule is CC(C)Cc1ccc2c(c1)C(C)(C)c1cc(C(C)(C)C)cc(-c3ccc4cc(-c5ccc6ccccc6c5)ccc4c3)c1-2. The van der Waals surface area contributed by atoms with Gasteiger partial charge in [0.05, 0.1) is 0 Å². The summed E-state index contributed by atoms with van der Waals surface area (Å²) < 4.78 is 0. The van der Waals surface area contributed by atoms with Gasteiger partial charge in [0.15, 0.2) is 0 Å². The average Bonchev–Trinajstić information content (AvgIpc) is 3.21. The van der Waals surface area contributed by atoms with Gasteiger partial charge in [-0.2, -0.15) is 0 Å². The van der Waals surface area contributed by atoms with E-state index in [4.69, 9.17) is 0 Å². The summed E-state index contributed by atoms with van der Waals surface area (Å²) in [5.41, 5.74) is 13.8. The van der Waals surface area contributed by atoms with Gasteiger partial charge in [0.25, 0.3) is 0 Å². The van der Waals surface area contributed by atoms with Crippen molar-refractivity contribution in [2.75, 3.05) is 0 Å². The highest BCUT2D eigenvalue weighted by Gasteiger charge is 2.38. The first kappa shape index (κ1) is 27.7. The van der Waals surface area contributed by atoms with Gasteiger partial charge in [-0.3, -0.25) is 0 Å². The maximum atomic E-state index is 2.50. The third-order valence-electron chi connectivity index (χ3n) is 9.58. The van der Waals surface area contributed by atoms with E-state index in [0.717, 1.165) is 6.42 Å². The third kappa shape index (κ3) is 4.78. The maximum Gasteiger partial charge on any atom is 0.0159 e. The zero-order valence-corrected chi connectivity index (χ0v) is 26.7. The molecule has 0 spiro atoms. The highest BCUT2D eigenvalue weighted by atomic mass is 14.4. The molecule has 0 aromatic heterocycles. The zero-order valence-electron chi connectivity index (χ0n) is 26.7. The van der Waals surface area contributed by atoms with Crippen molar-refractivity contribution in [3.63, 3.8) is 0 Å². The van der Waals surface area contributed by atoms with E-state index in [1.165, 1.54) is 77.2 Å². The summed E-state index contributed by atoms with van der Waals surface area (Å²) in [6.45, 7) is 16.5. The van der Waals surface area contributed by atoms with E-state index in [1.54, 1.807) is 0 Å².